The van der Waals surface area contributed by atoms with E-state index >= 15 is 0 Å². The quantitative estimate of drug-likeness (QED) is 0.527. The van der Waals surface area contributed by atoms with E-state index in [0.717, 1.165) is 50.1 Å². The first-order chi connectivity index (χ1) is 17.0. The Labute approximate surface area is 205 Å². The molecule has 12 heteroatoms. The zero-order valence-corrected chi connectivity index (χ0v) is 19.7. The van der Waals surface area contributed by atoms with Gasteiger partial charge in [0.25, 0.3) is 6.43 Å². The zero-order chi connectivity index (χ0) is 24.1. The van der Waals surface area contributed by atoms with Crippen LogP contribution in [0.25, 0.3) is 10.9 Å². The van der Waals surface area contributed by atoms with Crippen LogP contribution in [0.15, 0.2) is 24.5 Å². The third kappa shape index (κ3) is 4.42. The highest BCUT2D eigenvalue weighted by molar-refractivity contribution is 6.34. The number of aliphatic hydroxyl groups is 1. The first kappa shape index (κ1) is 22.8. The molecule has 9 nitrogen and oxygen atoms in total. The standard InChI is InChI=1S/C23H26ClF2N7O2/c24-15-7-13-9-27-23(30-17-10-28-33(14-1-2-14)21(17)22(25)26)29-16(13)8-18(15)31-3-5-32(6-4-31)19-11-35-12-20(19)34/h7-10,14,19-20,22,34H,1-6,11-12H2,(H,27,29,30). The van der Waals surface area contributed by atoms with Gasteiger partial charge < -0.3 is 20.1 Å². The SMILES string of the molecule is OC1COCC1N1CCN(c2cc3nc(Nc4cnn(C5CC5)c4C(F)F)ncc3cc2Cl)CC1. The summed E-state index contributed by atoms with van der Waals surface area (Å²) in [5.41, 5.74) is 1.61. The van der Waals surface area contributed by atoms with Crippen LogP contribution in [0, 0.1) is 0 Å². The molecule has 6 rings (SSSR count). The predicted molar refractivity (Wildman–Crippen MR) is 128 cm³/mol. The topological polar surface area (TPSA) is 91.6 Å². The zero-order valence-electron chi connectivity index (χ0n) is 18.9. The van der Waals surface area contributed by atoms with E-state index in [9.17, 15) is 13.9 Å². The highest BCUT2D eigenvalue weighted by Gasteiger charge is 2.34. The monoisotopic (exact) mass is 505 g/mol. The lowest BCUT2D eigenvalue weighted by molar-refractivity contribution is 0.0785. The van der Waals surface area contributed by atoms with Crippen LogP contribution >= 0.6 is 11.6 Å². The number of ether oxygens (including phenoxy) is 1. The summed E-state index contributed by atoms with van der Waals surface area (Å²) in [6, 6.07) is 3.82. The Morgan fingerprint density at radius 3 is 2.60 bits per heavy atom. The number of fused-ring (bicyclic) bond motifs is 1. The molecule has 1 saturated carbocycles. The summed E-state index contributed by atoms with van der Waals surface area (Å²) < 4.78 is 34.3. The Balaban J connectivity index is 1.22. The Hall–Kier alpha value is -2.60. The fraction of sp³-hybridized carbons (Fsp3) is 0.522. The molecule has 0 amide bonds. The van der Waals surface area contributed by atoms with Crippen molar-refractivity contribution in [1.82, 2.24) is 24.6 Å². The van der Waals surface area contributed by atoms with Crippen molar-refractivity contribution < 1.29 is 18.6 Å². The van der Waals surface area contributed by atoms with Crippen LogP contribution in [0.5, 0.6) is 0 Å². The largest absolute Gasteiger partial charge is 0.389 e. The molecule has 0 radical (unpaired) electrons. The van der Waals surface area contributed by atoms with Crippen molar-refractivity contribution in [1.29, 1.82) is 0 Å². The van der Waals surface area contributed by atoms with Crippen molar-refractivity contribution in [3.05, 3.63) is 35.2 Å². The number of benzene rings is 1. The number of alkyl halides is 2. The summed E-state index contributed by atoms with van der Waals surface area (Å²) >= 11 is 6.61. The van der Waals surface area contributed by atoms with Gasteiger partial charge in [-0.15, -0.1) is 0 Å². The summed E-state index contributed by atoms with van der Waals surface area (Å²) in [5, 5.41) is 18.6. The summed E-state index contributed by atoms with van der Waals surface area (Å²) in [5.74, 6) is 0.225. The lowest BCUT2D eigenvalue weighted by atomic mass is 10.1. The molecule has 2 atom stereocenters. The van der Waals surface area contributed by atoms with Gasteiger partial charge in [0, 0.05) is 37.8 Å². The summed E-state index contributed by atoms with van der Waals surface area (Å²) in [6.07, 6.45) is 1.66. The molecule has 3 aromatic rings. The number of rotatable bonds is 6. The van der Waals surface area contributed by atoms with E-state index in [0.29, 0.717) is 23.8 Å². The molecule has 2 N–H and O–H groups in total. The van der Waals surface area contributed by atoms with Crippen molar-refractivity contribution in [3.8, 4) is 0 Å². The Morgan fingerprint density at radius 1 is 1.11 bits per heavy atom. The molecule has 1 aliphatic carbocycles. The maximum absolute atomic E-state index is 13.7. The van der Waals surface area contributed by atoms with Crippen molar-refractivity contribution >= 4 is 39.8 Å². The normalized spacial score (nSPS) is 23.5. The minimum atomic E-state index is -2.65. The van der Waals surface area contributed by atoms with Gasteiger partial charge >= 0.3 is 0 Å². The second-order valence-electron chi connectivity index (χ2n) is 9.30. The molecular weight excluding hydrogens is 480 g/mol. The number of hydrogen-bond donors (Lipinski definition) is 2. The molecule has 2 aliphatic heterocycles. The van der Waals surface area contributed by atoms with Crippen LogP contribution in [-0.4, -0.2) is 81.3 Å². The molecule has 3 fully saturated rings. The van der Waals surface area contributed by atoms with Crippen LogP contribution < -0.4 is 10.2 Å². The van der Waals surface area contributed by atoms with Gasteiger partial charge in [-0.2, -0.15) is 5.10 Å². The Morgan fingerprint density at radius 2 is 1.91 bits per heavy atom. The van der Waals surface area contributed by atoms with E-state index in [-0.39, 0.29) is 29.4 Å². The van der Waals surface area contributed by atoms with E-state index in [1.165, 1.54) is 10.9 Å². The van der Waals surface area contributed by atoms with Gasteiger partial charge in [-0.3, -0.25) is 9.58 Å². The summed E-state index contributed by atoms with van der Waals surface area (Å²) in [6.45, 7) is 4.02. The molecule has 4 heterocycles. The van der Waals surface area contributed by atoms with Crippen molar-refractivity contribution in [3.63, 3.8) is 0 Å². The maximum Gasteiger partial charge on any atom is 0.282 e. The minimum Gasteiger partial charge on any atom is -0.389 e. The predicted octanol–water partition coefficient (Wildman–Crippen LogP) is 3.38. The first-order valence-corrected chi connectivity index (χ1v) is 12.2. The van der Waals surface area contributed by atoms with Gasteiger partial charge in [-0.1, -0.05) is 11.6 Å². The minimum absolute atomic E-state index is 0.0352. The number of aromatic nitrogens is 4. The first-order valence-electron chi connectivity index (χ1n) is 11.8. The van der Waals surface area contributed by atoms with Gasteiger partial charge in [-0.05, 0) is 25.0 Å². The average Bonchev–Trinajstić information content (AvgIpc) is 3.47. The van der Waals surface area contributed by atoms with Gasteiger partial charge in [-0.25, -0.2) is 18.7 Å². The fourth-order valence-electron chi connectivity index (χ4n) is 4.93. The summed E-state index contributed by atoms with van der Waals surface area (Å²) in [4.78, 5) is 13.3. The second kappa shape index (κ2) is 9.12. The van der Waals surface area contributed by atoms with Crippen molar-refractivity contribution in [2.45, 2.75) is 37.5 Å². The third-order valence-electron chi connectivity index (χ3n) is 6.97. The maximum atomic E-state index is 13.7. The smallest absolute Gasteiger partial charge is 0.282 e. The lowest BCUT2D eigenvalue weighted by Gasteiger charge is -2.39. The molecule has 0 bridgehead atoms. The van der Waals surface area contributed by atoms with Gasteiger partial charge in [0.15, 0.2) is 0 Å². The summed E-state index contributed by atoms with van der Waals surface area (Å²) in [7, 11) is 0. The number of halogens is 3. The molecule has 186 valence electrons. The number of nitrogens with one attached hydrogen (secondary N) is 1. The highest BCUT2D eigenvalue weighted by Crippen LogP contribution is 2.40. The van der Waals surface area contributed by atoms with Gasteiger partial charge in [0.1, 0.15) is 5.69 Å². The van der Waals surface area contributed by atoms with Crippen LogP contribution in [0.2, 0.25) is 5.02 Å². The molecule has 0 spiro atoms. The Bertz CT molecular complexity index is 1230. The van der Waals surface area contributed by atoms with Crippen LogP contribution in [-0.2, 0) is 4.74 Å². The number of piperazine rings is 1. The van der Waals surface area contributed by atoms with E-state index in [2.05, 4.69) is 30.2 Å². The second-order valence-corrected chi connectivity index (χ2v) is 9.70. The van der Waals surface area contributed by atoms with E-state index in [4.69, 9.17) is 16.3 Å². The van der Waals surface area contributed by atoms with Crippen LogP contribution in [0.3, 0.4) is 0 Å². The van der Waals surface area contributed by atoms with Crippen molar-refractivity contribution in [2.75, 3.05) is 49.6 Å². The van der Waals surface area contributed by atoms with Crippen LogP contribution in [0.1, 0.15) is 31.0 Å². The molecular formula is C23H26ClF2N7O2. The van der Waals surface area contributed by atoms with E-state index in [1.54, 1.807) is 6.20 Å². The Kier molecular flexibility index (Phi) is 5.95. The van der Waals surface area contributed by atoms with E-state index in [1.807, 2.05) is 12.1 Å². The molecule has 3 aliphatic rings. The van der Waals surface area contributed by atoms with Crippen LogP contribution in [0.4, 0.5) is 26.1 Å². The number of aliphatic hydroxyl groups excluding tert-OH is 1. The van der Waals surface area contributed by atoms with Gasteiger partial charge in [0.05, 0.1) is 59.5 Å². The average molecular weight is 506 g/mol. The molecule has 1 aromatic carbocycles. The molecule has 2 unspecified atom stereocenters. The lowest BCUT2D eigenvalue weighted by Crippen LogP contribution is -2.53. The molecule has 2 aromatic heterocycles. The van der Waals surface area contributed by atoms with E-state index < -0.39 is 12.5 Å². The molecule has 2 saturated heterocycles. The highest BCUT2D eigenvalue weighted by atomic mass is 35.5. The number of nitrogens with zero attached hydrogens (tertiary/aromatic N) is 6. The fourth-order valence-corrected chi connectivity index (χ4v) is 5.23. The number of hydrogen-bond acceptors (Lipinski definition) is 8. The molecule has 35 heavy (non-hydrogen) atoms. The van der Waals surface area contributed by atoms with Crippen molar-refractivity contribution in [2.24, 2.45) is 0 Å². The number of anilines is 3. The van der Waals surface area contributed by atoms with Gasteiger partial charge in [0.2, 0.25) is 5.95 Å². The third-order valence-corrected chi connectivity index (χ3v) is 7.28.